The zero-order valence-electron chi connectivity index (χ0n) is 13.8. The van der Waals surface area contributed by atoms with E-state index in [1.165, 1.54) is 28.4 Å². The molecule has 1 aromatic heterocycles. The van der Waals surface area contributed by atoms with E-state index in [0.717, 1.165) is 0 Å². The van der Waals surface area contributed by atoms with Crippen LogP contribution < -0.4 is 0 Å². The number of amides is 1. The molecule has 0 aliphatic carbocycles. The number of esters is 1. The van der Waals surface area contributed by atoms with Crippen LogP contribution in [-0.2, 0) is 24.3 Å². The van der Waals surface area contributed by atoms with Crippen LogP contribution in [0, 0.1) is 0 Å². The van der Waals surface area contributed by atoms with E-state index in [1.807, 2.05) is 0 Å². The number of methoxy groups -OCH3 is 1. The van der Waals surface area contributed by atoms with Gasteiger partial charge in [-0.15, -0.1) is 0 Å². The second kappa shape index (κ2) is 7.14. The molecular formula is C15H20N2O7S. The van der Waals surface area contributed by atoms with Crippen molar-refractivity contribution in [1.29, 1.82) is 0 Å². The number of carbonyl (C=O) groups is 2. The number of hydrogen-bond donors (Lipinski definition) is 0. The van der Waals surface area contributed by atoms with E-state index < -0.39 is 27.9 Å². The number of furan rings is 1. The molecule has 3 rings (SSSR count). The van der Waals surface area contributed by atoms with E-state index in [-0.39, 0.29) is 23.9 Å². The summed E-state index contributed by atoms with van der Waals surface area (Å²) in [6.07, 6.45) is 1.18. The van der Waals surface area contributed by atoms with Gasteiger partial charge in [0.25, 0.3) is 15.9 Å². The molecule has 0 spiro atoms. The fraction of sp³-hybridized carbons (Fsp3) is 0.600. The zero-order chi connectivity index (χ0) is 18.0. The molecule has 138 valence electrons. The van der Waals surface area contributed by atoms with Gasteiger partial charge in [-0.3, -0.25) is 4.79 Å². The lowest BCUT2D eigenvalue weighted by Crippen LogP contribution is -2.41. The third kappa shape index (κ3) is 3.42. The van der Waals surface area contributed by atoms with E-state index in [4.69, 9.17) is 13.9 Å². The Hall–Kier alpha value is -1.91. The van der Waals surface area contributed by atoms with E-state index in [2.05, 4.69) is 0 Å². The number of likely N-dealkylation sites (tertiary alicyclic amines) is 1. The molecule has 1 unspecified atom stereocenters. The summed E-state index contributed by atoms with van der Waals surface area (Å²) in [4.78, 5) is 25.7. The van der Waals surface area contributed by atoms with Crippen molar-refractivity contribution in [2.75, 3.05) is 40.0 Å². The number of hydrogen-bond acceptors (Lipinski definition) is 7. The lowest BCUT2D eigenvalue weighted by atomic mass is 10.2. The van der Waals surface area contributed by atoms with Gasteiger partial charge in [0.1, 0.15) is 6.04 Å². The van der Waals surface area contributed by atoms with Gasteiger partial charge in [-0.05, 0) is 25.0 Å². The quantitative estimate of drug-likeness (QED) is 0.689. The van der Waals surface area contributed by atoms with Crippen LogP contribution in [-0.4, -0.2) is 75.5 Å². The summed E-state index contributed by atoms with van der Waals surface area (Å²) in [5.74, 6) is -1.11. The minimum absolute atomic E-state index is 0.109. The first-order valence-corrected chi connectivity index (χ1v) is 9.45. The molecule has 0 radical (unpaired) electrons. The van der Waals surface area contributed by atoms with Crippen LogP contribution in [0.2, 0.25) is 0 Å². The van der Waals surface area contributed by atoms with E-state index in [9.17, 15) is 18.0 Å². The summed E-state index contributed by atoms with van der Waals surface area (Å²) >= 11 is 0. The number of carbonyl (C=O) groups excluding carboxylic acids is 2. The summed E-state index contributed by atoms with van der Waals surface area (Å²) < 4.78 is 41.5. The van der Waals surface area contributed by atoms with Crippen LogP contribution in [0.25, 0.3) is 0 Å². The third-order valence-electron chi connectivity index (χ3n) is 4.34. The summed E-state index contributed by atoms with van der Waals surface area (Å²) in [7, 11) is -2.54. The highest BCUT2D eigenvalue weighted by Gasteiger charge is 2.37. The standard InChI is InChI=1S/C15H20N2O7S/c1-22-15(19)11-3-2-6-17(11)14(18)12-4-5-13(24-12)25(20,21)16-7-9-23-10-8-16/h4-5,11H,2-3,6-10H2,1H3. The number of morpholine rings is 1. The van der Waals surface area contributed by atoms with Crippen molar-refractivity contribution in [1.82, 2.24) is 9.21 Å². The molecule has 10 heteroatoms. The first-order valence-electron chi connectivity index (χ1n) is 8.01. The number of nitrogens with zero attached hydrogens (tertiary/aromatic N) is 2. The summed E-state index contributed by atoms with van der Waals surface area (Å²) in [6.45, 7) is 1.51. The molecule has 3 heterocycles. The van der Waals surface area contributed by atoms with Gasteiger partial charge in [0, 0.05) is 19.6 Å². The van der Waals surface area contributed by atoms with Gasteiger partial charge in [-0.25, -0.2) is 13.2 Å². The maximum absolute atomic E-state index is 12.6. The van der Waals surface area contributed by atoms with Crippen LogP contribution in [0.1, 0.15) is 23.4 Å². The van der Waals surface area contributed by atoms with Crippen molar-refractivity contribution in [2.45, 2.75) is 24.0 Å². The van der Waals surface area contributed by atoms with Crippen molar-refractivity contribution in [3.05, 3.63) is 17.9 Å². The third-order valence-corrected chi connectivity index (χ3v) is 6.12. The summed E-state index contributed by atoms with van der Waals surface area (Å²) in [6, 6.07) is 1.92. The van der Waals surface area contributed by atoms with Crippen molar-refractivity contribution in [3.63, 3.8) is 0 Å². The molecule has 0 saturated carbocycles. The second-order valence-electron chi connectivity index (χ2n) is 5.81. The molecule has 1 aromatic rings. The Morgan fingerprint density at radius 1 is 1.20 bits per heavy atom. The minimum Gasteiger partial charge on any atom is -0.467 e. The Morgan fingerprint density at radius 2 is 1.92 bits per heavy atom. The highest BCUT2D eigenvalue weighted by Crippen LogP contribution is 2.24. The Balaban J connectivity index is 1.78. The van der Waals surface area contributed by atoms with Crippen molar-refractivity contribution >= 4 is 21.9 Å². The Labute approximate surface area is 145 Å². The van der Waals surface area contributed by atoms with Gasteiger partial charge in [0.2, 0.25) is 5.09 Å². The number of ether oxygens (including phenoxy) is 2. The molecule has 1 amide bonds. The largest absolute Gasteiger partial charge is 0.467 e. The fourth-order valence-corrected chi connectivity index (χ4v) is 4.34. The van der Waals surface area contributed by atoms with E-state index in [0.29, 0.717) is 32.6 Å². The summed E-state index contributed by atoms with van der Waals surface area (Å²) in [5.41, 5.74) is 0. The Bertz CT molecular complexity index is 752. The fourth-order valence-electron chi connectivity index (χ4n) is 3.02. The van der Waals surface area contributed by atoms with Crippen LogP contribution in [0.5, 0.6) is 0 Å². The molecular weight excluding hydrogens is 352 g/mol. The zero-order valence-corrected chi connectivity index (χ0v) is 14.7. The highest BCUT2D eigenvalue weighted by molar-refractivity contribution is 7.89. The molecule has 9 nitrogen and oxygen atoms in total. The molecule has 2 aliphatic heterocycles. The monoisotopic (exact) mass is 372 g/mol. The molecule has 25 heavy (non-hydrogen) atoms. The normalized spacial score (nSPS) is 22.1. The van der Waals surface area contributed by atoms with Crippen LogP contribution in [0.4, 0.5) is 0 Å². The molecule has 2 fully saturated rings. The smallest absolute Gasteiger partial charge is 0.328 e. The van der Waals surface area contributed by atoms with Crippen molar-refractivity contribution in [2.24, 2.45) is 0 Å². The minimum atomic E-state index is -3.81. The Morgan fingerprint density at radius 3 is 2.60 bits per heavy atom. The molecule has 0 bridgehead atoms. The molecule has 2 aliphatic rings. The molecule has 0 aromatic carbocycles. The maximum atomic E-state index is 12.6. The van der Waals surface area contributed by atoms with Gasteiger partial charge in [0.15, 0.2) is 5.76 Å². The van der Waals surface area contributed by atoms with Gasteiger partial charge in [-0.2, -0.15) is 4.31 Å². The van der Waals surface area contributed by atoms with Crippen LogP contribution in [0.3, 0.4) is 0 Å². The van der Waals surface area contributed by atoms with Crippen molar-refractivity contribution in [3.8, 4) is 0 Å². The molecule has 1 atom stereocenters. The van der Waals surface area contributed by atoms with Gasteiger partial charge in [-0.1, -0.05) is 0 Å². The average molecular weight is 372 g/mol. The predicted octanol–water partition coefficient (Wildman–Crippen LogP) is 0.0781. The predicted molar refractivity (Wildman–Crippen MR) is 84.4 cm³/mol. The maximum Gasteiger partial charge on any atom is 0.328 e. The highest BCUT2D eigenvalue weighted by atomic mass is 32.2. The van der Waals surface area contributed by atoms with E-state index >= 15 is 0 Å². The lowest BCUT2D eigenvalue weighted by molar-refractivity contribution is -0.145. The SMILES string of the molecule is COC(=O)C1CCCN1C(=O)c1ccc(S(=O)(=O)N2CCOCC2)o1. The molecule has 2 saturated heterocycles. The number of rotatable bonds is 4. The Kier molecular flexibility index (Phi) is 5.11. The van der Waals surface area contributed by atoms with Gasteiger partial charge < -0.3 is 18.8 Å². The topological polar surface area (TPSA) is 106 Å². The van der Waals surface area contributed by atoms with Crippen LogP contribution >= 0.6 is 0 Å². The number of sulfonamides is 1. The first-order chi connectivity index (χ1) is 11.9. The van der Waals surface area contributed by atoms with Crippen molar-refractivity contribution < 1.29 is 31.9 Å². The van der Waals surface area contributed by atoms with Gasteiger partial charge >= 0.3 is 5.97 Å². The lowest BCUT2D eigenvalue weighted by Gasteiger charge is -2.24. The first kappa shape index (κ1) is 17.9. The molecule has 0 N–H and O–H groups in total. The summed E-state index contributed by atoms with van der Waals surface area (Å²) in [5, 5.41) is -0.286. The van der Waals surface area contributed by atoms with E-state index in [1.54, 1.807) is 0 Å². The second-order valence-corrected chi connectivity index (χ2v) is 7.68. The van der Waals surface area contributed by atoms with Gasteiger partial charge in [0.05, 0.1) is 20.3 Å². The average Bonchev–Trinajstić information content (AvgIpc) is 3.31. The van der Waals surface area contributed by atoms with Crippen LogP contribution in [0.15, 0.2) is 21.6 Å².